The van der Waals surface area contributed by atoms with Crippen molar-refractivity contribution >= 4 is 46.4 Å². The number of anilines is 2. The van der Waals surface area contributed by atoms with E-state index in [2.05, 4.69) is 11.9 Å². The van der Waals surface area contributed by atoms with Crippen LogP contribution in [0.1, 0.15) is 43.2 Å². The second kappa shape index (κ2) is 8.28. The topological polar surface area (TPSA) is 52.7 Å². The molecule has 0 bridgehead atoms. The number of halogens is 3. The molecule has 2 fully saturated rings. The number of hydrogen-bond acceptors (Lipinski definition) is 3. The van der Waals surface area contributed by atoms with Gasteiger partial charge in [0.15, 0.2) is 0 Å². The van der Waals surface area contributed by atoms with Gasteiger partial charge < -0.3 is 15.1 Å². The first kappa shape index (κ1) is 23.2. The SMILES string of the molecule is C=CC(=O)N1CC[C@@](Nc2ccc3c(c2)N(C)C(=O)C32CCCC2)(c2c(F)ccc(Cl)c2Cl)C1. The van der Waals surface area contributed by atoms with E-state index in [0.29, 0.717) is 13.0 Å². The molecule has 3 aliphatic rings. The molecule has 1 atom stereocenters. The van der Waals surface area contributed by atoms with Gasteiger partial charge in [-0.25, -0.2) is 4.39 Å². The van der Waals surface area contributed by atoms with Crippen LogP contribution >= 0.6 is 23.2 Å². The largest absolute Gasteiger partial charge is 0.373 e. The lowest BCUT2D eigenvalue weighted by Crippen LogP contribution is -2.41. The van der Waals surface area contributed by atoms with Crippen molar-refractivity contribution in [3.8, 4) is 0 Å². The third-order valence-electron chi connectivity index (χ3n) is 7.71. The highest BCUT2D eigenvalue weighted by Crippen LogP contribution is 2.52. The fourth-order valence-corrected chi connectivity index (χ4v) is 6.53. The molecule has 2 aliphatic heterocycles. The molecule has 0 radical (unpaired) electrons. The number of hydrogen-bond donors (Lipinski definition) is 1. The van der Waals surface area contributed by atoms with E-state index < -0.39 is 16.8 Å². The summed E-state index contributed by atoms with van der Waals surface area (Å²) in [6.07, 6.45) is 5.50. The zero-order chi connectivity index (χ0) is 24.3. The minimum absolute atomic E-state index is 0.125. The summed E-state index contributed by atoms with van der Waals surface area (Å²) in [5, 5.41) is 3.85. The number of carbonyl (C=O) groups is 2. The molecule has 8 heteroatoms. The Labute approximate surface area is 208 Å². The number of nitrogens with one attached hydrogen (secondary N) is 1. The normalized spacial score (nSPS) is 23.0. The molecule has 2 amide bonds. The first-order valence-corrected chi connectivity index (χ1v) is 12.2. The Kier molecular flexibility index (Phi) is 5.64. The van der Waals surface area contributed by atoms with Crippen molar-refractivity contribution in [1.29, 1.82) is 0 Å². The number of benzene rings is 2. The van der Waals surface area contributed by atoms with Crippen LogP contribution in [-0.4, -0.2) is 36.9 Å². The van der Waals surface area contributed by atoms with Gasteiger partial charge in [0.25, 0.3) is 0 Å². The molecular formula is C26H26Cl2FN3O2. The zero-order valence-corrected chi connectivity index (χ0v) is 20.5. The number of carbonyl (C=O) groups excluding carboxylic acids is 2. The van der Waals surface area contributed by atoms with E-state index in [4.69, 9.17) is 23.2 Å². The van der Waals surface area contributed by atoms with Crippen LogP contribution in [0.3, 0.4) is 0 Å². The predicted molar refractivity (Wildman–Crippen MR) is 133 cm³/mol. The molecule has 5 rings (SSSR count). The van der Waals surface area contributed by atoms with E-state index in [-0.39, 0.29) is 34.0 Å². The second-order valence-corrected chi connectivity index (χ2v) is 10.3. The Morgan fingerprint density at radius 1 is 1.18 bits per heavy atom. The molecule has 0 unspecified atom stereocenters. The van der Waals surface area contributed by atoms with E-state index >= 15 is 4.39 Å². The van der Waals surface area contributed by atoms with Crippen molar-refractivity contribution < 1.29 is 14.0 Å². The number of rotatable bonds is 4. The minimum atomic E-state index is -0.995. The van der Waals surface area contributed by atoms with E-state index in [1.165, 1.54) is 18.2 Å². The molecule has 2 aromatic rings. The van der Waals surface area contributed by atoms with E-state index in [9.17, 15) is 9.59 Å². The maximum absolute atomic E-state index is 15.2. The van der Waals surface area contributed by atoms with Gasteiger partial charge in [0.2, 0.25) is 11.8 Å². The quantitative estimate of drug-likeness (QED) is 0.435. The lowest BCUT2D eigenvalue weighted by Gasteiger charge is -2.34. The van der Waals surface area contributed by atoms with Gasteiger partial charge in [-0.15, -0.1) is 0 Å². The van der Waals surface area contributed by atoms with Crippen molar-refractivity contribution in [2.75, 3.05) is 30.4 Å². The molecule has 1 aliphatic carbocycles. The van der Waals surface area contributed by atoms with Crippen molar-refractivity contribution in [3.63, 3.8) is 0 Å². The molecule has 1 saturated carbocycles. The fourth-order valence-electron chi connectivity index (χ4n) is 6.04. The Hall–Kier alpha value is -2.57. The zero-order valence-electron chi connectivity index (χ0n) is 19.0. The molecule has 2 heterocycles. The van der Waals surface area contributed by atoms with Crippen LogP contribution < -0.4 is 10.2 Å². The fraction of sp³-hybridized carbons (Fsp3) is 0.385. The van der Waals surface area contributed by atoms with Crippen LogP contribution in [0.4, 0.5) is 15.8 Å². The van der Waals surface area contributed by atoms with Crippen molar-refractivity contribution in [3.05, 3.63) is 70.0 Å². The Balaban J connectivity index is 1.58. The van der Waals surface area contributed by atoms with Crippen molar-refractivity contribution in [2.24, 2.45) is 0 Å². The van der Waals surface area contributed by atoms with Gasteiger partial charge in [-0.2, -0.15) is 0 Å². The molecule has 1 N–H and O–H groups in total. The highest BCUT2D eigenvalue weighted by atomic mass is 35.5. The van der Waals surface area contributed by atoms with E-state index in [0.717, 1.165) is 42.6 Å². The van der Waals surface area contributed by atoms with Crippen molar-refractivity contribution in [2.45, 2.75) is 43.1 Å². The van der Waals surface area contributed by atoms with Gasteiger partial charge in [0.05, 0.1) is 21.0 Å². The average Bonchev–Trinajstić information content (AvgIpc) is 3.53. The first-order chi connectivity index (χ1) is 16.2. The number of likely N-dealkylation sites (N-methyl/N-ethyl adjacent to an activating group) is 1. The average molecular weight is 502 g/mol. The standard InChI is InChI=1S/C26H26Cl2FN3O2/c1-3-21(33)32-13-12-26(15-32,22-19(29)9-8-18(27)23(22)28)30-16-6-7-17-20(14-16)31(2)24(34)25(17)10-4-5-11-25/h3,6-9,14,30H,1,4-5,10-13,15H2,2H3/t26-/m0/s1. The van der Waals surface area contributed by atoms with Crippen molar-refractivity contribution in [1.82, 2.24) is 4.90 Å². The summed E-state index contributed by atoms with van der Waals surface area (Å²) >= 11 is 12.8. The second-order valence-electron chi connectivity index (χ2n) is 9.52. The van der Waals surface area contributed by atoms with Crippen LogP contribution in [0.2, 0.25) is 10.0 Å². The lowest BCUT2D eigenvalue weighted by molar-refractivity contribution is -0.125. The van der Waals surface area contributed by atoms with E-state index in [1.807, 2.05) is 18.2 Å². The molecule has 1 spiro atoms. The van der Waals surface area contributed by atoms with Gasteiger partial charge in [-0.1, -0.05) is 48.7 Å². The number of fused-ring (bicyclic) bond motifs is 2. The molecule has 5 nitrogen and oxygen atoms in total. The number of amides is 2. The monoisotopic (exact) mass is 501 g/mol. The number of likely N-dealkylation sites (tertiary alicyclic amines) is 1. The van der Waals surface area contributed by atoms with Crippen LogP contribution in [0, 0.1) is 5.82 Å². The van der Waals surface area contributed by atoms with Gasteiger partial charge >= 0.3 is 0 Å². The maximum Gasteiger partial charge on any atom is 0.246 e. The minimum Gasteiger partial charge on any atom is -0.373 e. The molecule has 1 saturated heterocycles. The van der Waals surface area contributed by atoms with Crippen LogP contribution in [0.15, 0.2) is 43.0 Å². The summed E-state index contributed by atoms with van der Waals surface area (Å²) in [5.74, 6) is -0.586. The predicted octanol–water partition coefficient (Wildman–Crippen LogP) is 5.65. The summed E-state index contributed by atoms with van der Waals surface area (Å²) in [6.45, 7) is 4.19. The first-order valence-electron chi connectivity index (χ1n) is 11.5. The van der Waals surface area contributed by atoms with Gasteiger partial charge in [-0.3, -0.25) is 9.59 Å². The molecular weight excluding hydrogens is 476 g/mol. The molecule has 34 heavy (non-hydrogen) atoms. The summed E-state index contributed by atoms with van der Waals surface area (Å²) in [5.41, 5.74) is 1.45. The molecule has 2 aromatic carbocycles. The molecule has 178 valence electrons. The lowest BCUT2D eigenvalue weighted by atomic mass is 9.80. The Morgan fingerprint density at radius 2 is 1.91 bits per heavy atom. The van der Waals surface area contributed by atoms with Crippen LogP contribution in [0.5, 0.6) is 0 Å². The van der Waals surface area contributed by atoms with Gasteiger partial charge in [-0.05, 0) is 55.2 Å². The summed E-state index contributed by atoms with van der Waals surface area (Å²) in [4.78, 5) is 28.9. The third kappa shape index (κ3) is 3.34. The van der Waals surface area contributed by atoms with Gasteiger partial charge in [0, 0.05) is 37.1 Å². The summed E-state index contributed by atoms with van der Waals surface area (Å²) < 4.78 is 15.2. The Morgan fingerprint density at radius 3 is 2.62 bits per heavy atom. The third-order valence-corrected chi connectivity index (χ3v) is 8.51. The summed E-state index contributed by atoms with van der Waals surface area (Å²) in [6, 6.07) is 8.60. The van der Waals surface area contributed by atoms with E-state index in [1.54, 1.807) is 16.8 Å². The highest BCUT2D eigenvalue weighted by Gasteiger charge is 2.51. The van der Waals surface area contributed by atoms with Gasteiger partial charge in [0.1, 0.15) is 5.82 Å². The summed E-state index contributed by atoms with van der Waals surface area (Å²) in [7, 11) is 1.81. The maximum atomic E-state index is 15.2. The molecule has 0 aromatic heterocycles. The van der Waals surface area contributed by atoms with Crippen LogP contribution in [-0.2, 0) is 20.5 Å². The Bertz CT molecular complexity index is 1210. The van der Waals surface area contributed by atoms with Crippen LogP contribution in [0.25, 0.3) is 0 Å². The number of nitrogens with zero attached hydrogens (tertiary/aromatic N) is 2. The highest BCUT2D eigenvalue weighted by molar-refractivity contribution is 6.42. The smallest absolute Gasteiger partial charge is 0.246 e.